The minimum absolute atomic E-state index is 0.00256. The van der Waals surface area contributed by atoms with Crippen LogP contribution in [0.5, 0.6) is 0 Å². The Morgan fingerprint density at radius 1 is 1.37 bits per heavy atom. The van der Waals surface area contributed by atoms with Crippen LogP contribution >= 0.6 is 27.5 Å². The molecule has 2 aromatic rings. The molecule has 0 bridgehead atoms. The molecule has 0 saturated heterocycles. The Hall–Kier alpha value is -1.77. The van der Waals surface area contributed by atoms with Crippen molar-refractivity contribution in [2.75, 3.05) is 0 Å². The van der Waals surface area contributed by atoms with E-state index >= 15 is 0 Å². The first-order valence-corrected chi connectivity index (χ1v) is 6.32. The van der Waals surface area contributed by atoms with E-state index in [1.54, 1.807) is 6.07 Å². The van der Waals surface area contributed by atoms with E-state index in [9.17, 15) is 4.39 Å². The lowest BCUT2D eigenvalue weighted by Gasteiger charge is -2.01. The maximum absolute atomic E-state index is 13.7. The minimum Gasteiger partial charge on any atom is -0.235 e. The maximum atomic E-state index is 13.7. The van der Waals surface area contributed by atoms with Crippen LogP contribution in [-0.4, -0.2) is 9.97 Å². The Morgan fingerprint density at radius 3 is 2.68 bits per heavy atom. The molecule has 1 aromatic heterocycles. The number of hydrogen-bond acceptors (Lipinski definition) is 3. The molecule has 0 unspecified atom stereocenters. The second-order valence-corrected chi connectivity index (χ2v) is 4.86. The quantitative estimate of drug-likeness (QED) is 0.775. The number of rotatable bonds is 2. The van der Waals surface area contributed by atoms with E-state index in [0.717, 1.165) is 0 Å². The number of nitriles is 1. The van der Waals surface area contributed by atoms with Crippen molar-refractivity contribution in [2.45, 2.75) is 0 Å². The van der Waals surface area contributed by atoms with Crippen LogP contribution in [-0.2, 0) is 0 Å². The van der Waals surface area contributed by atoms with Gasteiger partial charge in [-0.3, -0.25) is 0 Å². The van der Waals surface area contributed by atoms with Crippen LogP contribution in [0.1, 0.15) is 11.4 Å². The molecule has 0 aliphatic rings. The third-order valence-electron chi connectivity index (χ3n) is 2.26. The smallest absolute Gasteiger partial charge is 0.170 e. The normalized spacial score (nSPS) is 11.2. The van der Waals surface area contributed by atoms with Crippen LogP contribution in [0, 0.1) is 17.1 Å². The molecule has 0 saturated carbocycles. The number of allylic oxidation sites excluding steroid dienone is 1. The second-order valence-electron chi connectivity index (χ2n) is 3.54. The van der Waals surface area contributed by atoms with Crippen LogP contribution in [0.2, 0.25) is 5.02 Å². The molecule has 1 aromatic carbocycles. The molecule has 3 nitrogen and oxygen atoms in total. The average molecular weight is 339 g/mol. The third kappa shape index (κ3) is 3.16. The largest absolute Gasteiger partial charge is 0.235 e. The molecular weight excluding hydrogens is 333 g/mol. The summed E-state index contributed by atoms with van der Waals surface area (Å²) in [5.41, 5.74) is 0.379. The molecular formula is C13H6BrClFN3. The Balaban J connectivity index is 2.48. The Morgan fingerprint density at radius 2 is 2.05 bits per heavy atom. The van der Waals surface area contributed by atoms with Gasteiger partial charge in [0.05, 0.1) is 15.1 Å². The summed E-state index contributed by atoms with van der Waals surface area (Å²) in [6.45, 7) is 0. The fourth-order valence-corrected chi connectivity index (χ4v) is 1.77. The van der Waals surface area contributed by atoms with Crippen LogP contribution in [0.25, 0.3) is 11.6 Å². The number of nitrogens with zero attached hydrogens (tertiary/aromatic N) is 3. The zero-order valence-electron chi connectivity index (χ0n) is 9.44. The van der Waals surface area contributed by atoms with Crippen molar-refractivity contribution in [1.82, 2.24) is 9.97 Å². The van der Waals surface area contributed by atoms with Gasteiger partial charge in [0.15, 0.2) is 5.82 Å². The molecule has 0 fully saturated rings. The van der Waals surface area contributed by atoms with Gasteiger partial charge in [0.1, 0.15) is 11.9 Å². The highest BCUT2D eigenvalue weighted by Gasteiger charge is 2.08. The van der Waals surface area contributed by atoms with E-state index in [-0.39, 0.29) is 22.0 Å². The molecule has 0 aliphatic heterocycles. The van der Waals surface area contributed by atoms with E-state index in [1.807, 2.05) is 6.07 Å². The van der Waals surface area contributed by atoms with Crippen molar-refractivity contribution in [3.05, 3.63) is 57.3 Å². The van der Waals surface area contributed by atoms with E-state index in [0.29, 0.717) is 4.47 Å². The number of halogens is 3. The van der Waals surface area contributed by atoms with Gasteiger partial charge >= 0.3 is 0 Å². The standard InChI is InChI=1S/C13H6BrClFN3/c14-10-6-18-13(19-7-10)9(5-17)4-8-2-1-3-11(15)12(8)16/h1-4,6-7H. The predicted molar refractivity (Wildman–Crippen MR) is 74.6 cm³/mol. The van der Waals surface area contributed by atoms with E-state index in [1.165, 1.54) is 30.6 Å². The highest BCUT2D eigenvalue weighted by molar-refractivity contribution is 9.10. The number of hydrogen-bond donors (Lipinski definition) is 0. The highest BCUT2D eigenvalue weighted by Crippen LogP contribution is 2.22. The van der Waals surface area contributed by atoms with Crippen molar-refractivity contribution >= 4 is 39.2 Å². The molecule has 2 rings (SSSR count). The first kappa shape index (κ1) is 13.7. The molecule has 0 atom stereocenters. The van der Waals surface area contributed by atoms with Crippen molar-refractivity contribution in [1.29, 1.82) is 5.26 Å². The molecule has 94 valence electrons. The predicted octanol–water partition coefficient (Wildman–Crippen LogP) is 4.10. The van der Waals surface area contributed by atoms with Gasteiger partial charge in [-0.05, 0) is 28.1 Å². The van der Waals surface area contributed by atoms with Gasteiger partial charge in [-0.25, -0.2) is 14.4 Å². The second kappa shape index (κ2) is 5.91. The lowest BCUT2D eigenvalue weighted by atomic mass is 10.1. The summed E-state index contributed by atoms with van der Waals surface area (Å²) in [5.74, 6) is -0.348. The Kier molecular flexibility index (Phi) is 4.25. The number of aromatic nitrogens is 2. The molecule has 0 N–H and O–H groups in total. The third-order valence-corrected chi connectivity index (χ3v) is 2.96. The monoisotopic (exact) mass is 337 g/mol. The van der Waals surface area contributed by atoms with Crippen molar-refractivity contribution in [3.8, 4) is 6.07 Å². The van der Waals surface area contributed by atoms with E-state index in [4.69, 9.17) is 16.9 Å². The van der Waals surface area contributed by atoms with Crippen LogP contribution in [0.4, 0.5) is 4.39 Å². The molecule has 19 heavy (non-hydrogen) atoms. The fourth-order valence-electron chi connectivity index (χ4n) is 1.39. The zero-order chi connectivity index (χ0) is 13.8. The minimum atomic E-state index is -0.575. The molecule has 1 heterocycles. The SMILES string of the molecule is N#CC(=Cc1cccc(Cl)c1F)c1ncc(Br)cn1. The molecule has 6 heteroatoms. The summed E-state index contributed by atoms with van der Waals surface area (Å²) in [6.07, 6.45) is 4.40. The average Bonchev–Trinajstić information content (AvgIpc) is 2.42. The van der Waals surface area contributed by atoms with Gasteiger partial charge in [-0.2, -0.15) is 5.26 Å². The summed E-state index contributed by atoms with van der Waals surface area (Å²) in [6, 6.07) is 6.52. The van der Waals surface area contributed by atoms with E-state index < -0.39 is 5.82 Å². The van der Waals surface area contributed by atoms with Gasteiger partial charge in [-0.1, -0.05) is 23.7 Å². The van der Waals surface area contributed by atoms with Gasteiger partial charge < -0.3 is 0 Å². The molecule has 0 amide bonds. The van der Waals surface area contributed by atoms with Gasteiger partial charge in [0.25, 0.3) is 0 Å². The summed E-state index contributed by atoms with van der Waals surface area (Å²) >= 11 is 8.88. The van der Waals surface area contributed by atoms with Crippen LogP contribution in [0.3, 0.4) is 0 Å². The van der Waals surface area contributed by atoms with Gasteiger partial charge in [0, 0.05) is 18.0 Å². The highest BCUT2D eigenvalue weighted by atomic mass is 79.9. The summed E-state index contributed by atoms with van der Waals surface area (Å²) in [7, 11) is 0. The lowest BCUT2D eigenvalue weighted by Crippen LogP contribution is -1.92. The topological polar surface area (TPSA) is 49.6 Å². The summed E-state index contributed by atoms with van der Waals surface area (Å²) < 4.78 is 14.4. The van der Waals surface area contributed by atoms with Crippen LogP contribution < -0.4 is 0 Å². The maximum Gasteiger partial charge on any atom is 0.170 e. The molecule has 0 radical (unpaired) electrons. The number of benzene rings is 1. The fraction of sp³-hybridized carbons (Fsp3) is 0. The molecule has 0 aliphatic carbocycles. The van der Waals surface area contributed by atoms with E-state index in [2.05, 4.69) is 25.9 Å². The first-order chi connectivity index (χ1) is 9.11. The van der Waals surface area contributed by atoms with Crippen molar-refractivity contribution in [3.63, 3.8) is 0 Å². The Labute approximate surface area is 122 Å². The molecule has 0 spiro atoms. The van der Waals surface area contributed by atoms with Crippen LogP contribution in [0.15, 0.2) is 35.1 Å². The van der Waals surface area contributed by atoms with Crippen molar-refractivity contribution < 1.29 is 4.39 Å². The van der Waals surface area contributed by atoms with Gasteiger partial charge in [-0.15, -0.1) is 0 Å². The summed E-state index contributed by atoms with van der Waals surface area (Å²) in [5, 5.41) is 9.11. The van der Waals surface area contributed by atoms with Gasteiger partial charge in [0.2, 0.25) is 0 Å². The first-order valence-electron chi connectivity index (χ1n) is 5.15. The van der Waals surface area contributed by atoms with Crippen molar-refractivity contribution in [2.24, 2.45) is 0 Å². The zero-order valence-corrected chi connectivity index (χ0v) is 11.8. The lowest BCUT2D eigenvalue weighted by molar-refractivity contribution is 0.625. The summed E-state index contributed by atoms with van der Waals surface area (Å²) in [4.78, 5) is 7.99. The Bertz CT molecular complexity index is 677.